The number of rotatable bonds is 5. The molecule has 0 unspecified atom stereocenters. The molecule has 25 heavy (non-hydrogen) atoms. The third-order valence-corrected chi connectivity index (χ3v) is 7.25. The van der Waals surface area contributed by atoms with Crippen LogP contribution in [0.3, 0.4) is 0 Å². The Morgan fingerprint density at radius 3 is 2.72 bits per heavy atom. The molecule has 0 aromatic heterocycles. The van der Waals surface area contributed by atoms with Gasteiger partial charge in [0.15, 0.2) is 9.84 Å². The van der Waals surface area contributed by atoms with Gasteiger partial charge in [-0.1, -0.05) is 23.7 Å². The Balaban J connectivity index is 1.85. The Kier molecular flexibility index (Phi) is 5.29. The zero-order chi connectivity index (χ0) is 18.0. The first-order valence-electron chi connectivity index (χ1n) is 7.91. The molecule has 7 nitrogen and oxygen atoms in total. The highest BCUT2D eigenvalue weighted by Gasteiger charge is 2.47. The van der Waals surface area contributed by atoms with E-state index in [1.54, 1.807) is 12.1 Å². The first-order valence-corrected chi connectivity index (χ1v) is 9.84. The van der Waals surface area contributed by atoms with Crippen LogP contribution in [-0.4, -0.2) is 62.9 Å². The molecule has 1 N–H and O–H groups in total. The number of hydrogen-bond acceptors (Lipinski definition) is 6. The van der Waals surface area contributed by atoms with Crippen LogP contribution in [0.1, 0.15) is 6.42 Å². The molecule has 2 heterocycles. The normalized spacial score (nSPS) is 24.5. The van der Waals surface area contributed by atoms with Crippen LogP contribution < -0.4 is 5.32 Å². The lowest BCUT2D eigenvalue weighted by Gasteiger charge is -2.37. The average Bonchev–Trinajstić information content (AvgIpc) is 2.97. The van der Waals surface area contributed by atoms with Crippen molar-refractivity contribution >= 4 is 27.3 Å². The molecule has 2 atom stereocenters. The number of sulfone groups is 1. The van der Waals surface area contributed by atoms with Crippen molar-refractivity contribution in [3.8, 4) is 6.07 Å². The quantitative estimate of drug-likeness (QED) is 0.747. The lowest BCUT2D eigenvalue weighted by Crippen LogP contribution is -2.55. The second-order valence-corrected chi connectivity index (χ2v) is 8.72. The minimum absolute atomic E-state index is 0.0179. The summed E-state index contributed by atoms with van der Waals surface area (Å²) >= 11 is 6.06. The van der Waals surface area contributed by atoms with Crippen molar-refractivity contribution in [3.63, 3.8) is 0 Å². The van der Waals surface area contributed by atoms with Crippen LogP contribution in [0.25, 0.3) is 0 Å². The van der Waals surface area contributed by atoms with E-state index < -0.39 is 21.1 Å². The molecule has 3 rings (SSSR count). The summed E-state index contributed by atoms with van der Waals surface area (Å²) < 4.78 is 31.2. The van der Waals surface area contributed by atoms with Gasteiger partial charge in [0.1, 0.15) is 6.54 Å². The van der Waals surface area contributed by atoms with Gasteiger partial charge in [-0.25, -0.2) is 8.42 Å². The van der Waals surface area contributed by atoms with Gasteiger partial charge in [0.2, 0.25) is 5.91 Å². The van der Waals surface area contributed by atoms with E-state index in [0.717, 1.165) is 0 Å². The van der Waals surface area contributed by atoms with Gasteiger partial charge in [0, 0.05) is 6.54 Å². The Morgan fingerprint density at radius 2 is 2.12 bits per heavy atom. The topological polar surface area (TPSA) is 99.5 Å². The molecule has 2 saturated heterocycles. The SMILES string of the molecule is N#CCNC(=O)[C@@H]1C[C@@H](S(=O)(=O)c2ccccc2Cl)CN1C1COC1. The molecule has 0 radical (unpaired) electrons. The third-order valence-electron chi connectivity index (χ3n) is 4.62. The summed E-state index contributed by atoms with van der Waals surface area (Å²) in [6.45, 7) is 1.08. The number of halogens is 1. The number of likely N-dealkylation sites (tertiary alicyclic amines) is 1. The van der Waals surface area contributed by atoms with E-state index >= 15 is 0 Å². The summed E-state index contributed by atoms with van der Waals surface area (Å²) in [5, 5.41) is 10.6. The molecular formula is C16H18ClN3O4S. The summed E-state index contributed by atoms with van der Waals surface area (Å²) in [4.78, 5) is 14.3. The van der Waals surface area contributed by atoms with Crippen LogP contribution in [0.4, 0.5) is 0 Å². The lowest BCUT2D eigenvalue weighted by atomic mass is 10.1. The standard InChI is InChI=1S/C16H18ClN3O4S/c17-13-3-1-2-4-15(13)25(22,23)12-7-14(16(21)19-6-5-18)20(8-12)11-9-24-10-11/h1-4,11-12,14H,6-10H2,(H,19,21)/t12-,14+/m1/s1. The number of nitrogens with zero attached hydrogens (tertiary/aromatic N) is 2. The fraction of sp³-hybridized carbons (Fsp3) is 0.500. The van der Waals surface area contributed by atoms with Crippen LogP contribution >= 0.6 is 11.6 Å². The van der Waals surface area contributed by atoms with Gasteiger partial charge in [-0.05, 0) is 18.6 Å². The number of hydrogen-bond donors (Lipinski definition) is 1. The Bertz CT molecular complexity index is 804. The van der Waals surface area contributed by atoms with E-state index in [1.165, 1.54) is 12.1 Å². The van der Waals surface area contributed by atoms with Gasteiger partial charge in [-0.3, -0.25) is 9.69 Å². The zero-order valence-electron chi connectivity index (χ0n) is 13.4. The number of nitrogens with one attached hydrogen (secondary N) is 1. The highest BCUT2D eigenvalue weighted by atomic mass is 35.5. The number of ether oxygens (including phenoxy) is 1. The van der Waals surface area contributed by atoms with Crippen molar-refractivity contribution < 1.29 is 17.9 Å². The summed E-state index contributed by atoms with van der Waals surface area (Å²) in [6.07, 6.45) is 0.168. The molecule has 2 aliphatic rings. The Labute approximate surface area is 151 Å². The van der Waals surface area contributed by atoms with E-state index in [4.69, 9.17) is 21.6 Å². The van der Waals surface area contributed by atoms with Crippen LogP contribution in [-0.2, 0) is 19.4 Å². The van der Waals surface area contributed by atoms with E-state index in [9.17, 15) is 13.2 Å². The summed E-state index contributed by atoms with van der Waals surface area (Å²) in [5.74, 6) is -0.328. The molecule has 0 aliphatic carbocycles. The van der Waals surface area contributed by atoms with Gasteiger partial charge in [0.05, 0.1) is 46.5 Å². The first kappa shape index (κ1) is 18.1. The van der Waals surface area contributed by atoms with Crippen molar-refractivity contribution in [3.05, 3.63) is 29.3 Å². The van der Waals surface area contributed by atoms with Gasteiger partial charge < -0.3 is 10.1 Å². The Hall–Kier alpha value is -1.66. The molecule has 9 heteroatoms. The maximum atomic E-state index is 13.0. The van der Waals surface area contributed by atoms with Crippen molar-refractivity contribution in [2.24, 2.45) is 0 Å². The summed E-state index contributed by atoms with van der Waals surface area (Å²) in [6, 6.07) is 7.61. The predicted octanol–water partition coefficient (Wildman–Crippen LogP) is 0.595. The monoisotopic (exact) mass is 383 g/mol. The second kappa shape index (κ2) is 7.30. The van der Waals surface area contributed by atoms with Crippen LogP contribution in [0.15, 0.2) is 29.2 Å². The van der Waals surface area contributed by atoms with Crippen molar-refractivity contribution in [1.82, 2.24) is 10.2 Å². The van der Waals surface area contributed by atoms with E-state index in [-0.39, 0.29) is 41.4 Å². The van der Waals surface area contributed by atoms with Crippen LogP contribution in [0.2, 0.25) is 5.02 Å². The number of amides is 1. The summed E-state index contributed by atoms with van der Waals surface area (Å²) in [5.41, 5.74) is 0. The Morgan fingerprint density at radius 1 is 1.40 bits per heavy atom. The van der Waals surface area contributed by atoms with E-state index in [2.05, 4.69) is 5.32 Å². The molecular weight excluding hydrogens is 366 g/mol. The molecule has 0 saturated carbocycles. The first-order chi connectivity index (χ1) is 11.9. The molecule has 1 aromatic rings. The zero-order valence-corrected chi connectivity index (χ0v) is 15.0. The van der Waals surface area contributed by atoms with Gasteiger partial charge in [-0.15, -0.1) is 0 Å². The highest BCUT2D eigenvalue weighted by molar-refractivity contribution is 7.92. The third kappa shape index (κ3) is 3.51. The number of carbonyl (C=O) groups excluding carboxylic acids is 1. The maximum Gasteiger partial charge on any atom is 0.238 e. The van der Waals surface area contributed by atoms with Crippen molar-refractivity contribution in [1.29, 1.82) is 5.26 Å². The molecule has 2 fully saturated rings. The highest BCUT2D eigenvalue weighted by Crippen LogP contribution is 2.33. The largest absolute Gasteiger partial charge is 0.378 e. The fourth-order valence-electron chi connectivity index (χ4n) is 3.22. The van der Waals surface area contributed by atoms with Gasteiger partial charge in [0.25, 0.3) is 0 Å². The van der Waals surface area contributed by atoms with Crippen molar-refractivity contribution in [2.45, 2.75) is 28.6 Å². The smallest absolute Gasteiger partial charge is 0.238 e. The number of carbonyl (C=O) groups is 1. The second-order valence-electron chi connectivity index (χ2n) is 6.11. The van der Waals surface area contributed by atoms with E-state index in [0.29, 0.717) is 13.2 Å². The molecule has 0 bridgehead atoms. The average molecular weight is 384 g/mol. The molecule has 0 spiro atoms. The van der Waals surface area contributed by atoms with E-state index in [1.807, 2.05) is 11.0 Å². The lowest BCUT2D eigenvalue weighted by molar-refractivity contribution is -0.130. The molecule has 1 aromatic carbocycles. The molecule has 134 valence electrons. The number of benzene rings is 1. The van der Waals surface area contributed by atoms with Crippen LogP contribution in [0.5, 0.6) is 0 Å². The van der Waals surface area contributed by atoms with Crippen LogP contribution in [0, 0.1) is 11.3 Å². The minimum atomic E-state index is -3.67. The van der Waals surface area contributed by atoms with Gasteiger partial charge >= 0.3 is 0 Å². The summed E-state index contributed by atoms with van der Waals surface area (Å²) in [7, 11) is -3.67. The van der Waals surface area contributed by atoms with Gasteiger partial charge in [-0.2, -0.15) is 5.26 Å². The molecule has 2 aliphatic heterocycles. The predicted molar refractivity (Wildman–Crippen MR) is 90.8 cm³/mol. The minimum Gasteiger partial charge on any atom is -0.378 e. The fourth-order valence-corrected chi connectivity index (χ4v) is 5.45. The number of nitriles is 1. The molecule has 1 amide bonds. The maximum absolute atomic E-state index is 13.0. The van der Waals surface area contributed by atoms with Crippen molar-refractivity contribution in [2.75, 3.05) is 26.3 Å².